The quantitative estimate of drug-likeness (QED) is 0.469. The molecule has 3 aromatic rings. The first-order valence-corrected chi connectivity index (χ1v) is 12.0. The first-order valence-electron chi connectivity index (χ1n) is 11.2. The number of halogens is 2. The lowest BCUT2D eigenvalue weighted by atomic mass is 9.81. The maximum atomic E-state index is 13.7. The summed E-state index contributed by atoms with van der Waals surface area (Å²) in [6, 6.07) is 10.9. The second-order valence-corrected chi connectivity index (χ2v) is 9.35. The lowest BCUT2D eigenvalue weighted by Gasteiger charge is -2.44. The first-order chi connectivity index (χ1) is 17.3. The van der Waals surface area contributed by atoms with Gasteiger partial charge < -0.3 is 18.9 Å². The Morgan fingerprint density at radius 1 is 1.28 bits per heavy atom. The fourth-order valence-electron chi connectivity index (χ4n) is 4.66. The molecule has 1 aromatic heterocycles. The second kappa shape index (κ2) is 9.05. The molecule has 0 amide bonds. The van der Waals surface area contributed by atoms with Gasteiger partial charge in [-0.3, -0.25) is 14.2 Å². The number of esters is 1. The van der Waals surface area contributed by atoms with Gasteiger partial charge in [0.1, 0.15) is 11.7 Å². The molecule has 2 bridgehead atoms. The number of aromatic nitrogens is 1. The van der Waals surface area contributed by atoms with E-state index in [1.807, 2.05) is 18.2 Å². The van der Waals surface area contributed by atoms with Crippen molar-refractivity contribution in [2.24, 2.45) is 10.9 Å². The average molecular weight is 517 g/mol. The lowest BCUT2D eigenvalue weighted by molar-refractivity contribution is -0.160. The molecular formula is C25H22F2N2O6S. The van der Waals surface area contributed by atoms with E-state index < -0.39 is 30.3 Å². The van der Waals surface area contributed by atoms with Gasteiger partial charge in [-0.1, -0.05) is 35.6 Å². The van der Waals surface area contributed by atoms with Crippen LogP contribution < -0.4 is 29.1 Å². The lowest BCUT2D eigenvalue weighted by Crippen LogP contribution is -2.58. The monoisotopic (exact) mass is 516 g/mol. The fourth-order valence-corrected chi connectivity index (χ4v) is 5.75. The summed E-state index contributed by atoms with van der Waals surface area (Å²) in [6.45, 7) is 0.604. The Morgan fingerprint density at radius 3 is 2.78 bits per heavy atom. The molecule has 3 heterocycles. The number of ether oxygens (including phenoxy) is 4. The van der Waals surface area contributed by atoms with Gasteiger partial charge in [0.25, 0.3) is 5.56 Å². The zero-order valence-corrected chi connectivity index (χ0v) is 20.4. The largest absolute Gasteiger partial charge is 0.493 e. The van der Waals surface area contributed by atoms with Crippen LogP contribution in [-0.4, -0.2) is 36.6 Å². The predicted molar refractivity (Wildman–Crippen MR) is 126 cm³/mol. The molecule has 0 radical (unpaired) electrons. The summed E-state index contributed by atoms with van der Waals surface area (Å²) in [5, 5.41) is 0. The Morgan fingerprint density at radius 2 is 2.06 bits per heavy atom. The standard InChI is InChI=1S/C25H22F2N2O6S/c1-4-33-22(31)19-20-14-7-5-6-8-15(14)35-25(19,2)28-24-29(20)21(30)18(36-24)12-13-9-10-16(34-23(26)27)17(11-13)32-3/h5-12,19-20,23H,4H2,1-3H3/b18-12-/t19-,20+,25-/m0/s1. The second-order valence-electron chi connectivity index (χ2n) is 8.34. The van der Waals surface area contributed by atoms with Crippen LogP contribution in [0.3, 0.4) is 0 Å². The highest BCUT2D eigenvalue weighted by atomic mass is 32.1. The fraction of sp³-hybridized carbons (Fsp3) is 0.320. The van der Waals surface area contributed by atoms with E-state index in [0.717, 1.165) is 11.3 Å². The van der Waals surface area contributed by atoms with Gasteiger partial charge in [0.15, 0.2) is 16.3 Å². The number of carbonyl (C=O) groups excluding carboxylic acids is 1. The van der Waals surface area contributed by atoms with Crippen molar-refractivity contribution in [3.8, 4) is 17.2 Å². The van der Waals surface area contributed by atoms with E-state index >= 15 is 0 Å². The van der Waals surface area contributed by atoms with Crippen molar-refractivity contribution in [2.45, 2.75) is 32.2 Å². The van der Waals surface area contributed by atoms with Crippen molar-refractivity contribution in [1.29, 1.82) is 0 Å². The Hall–Kier alpha value is -3.73. The van der Waals surface area contributed by atoms with E-state index in [-0.39, 0.29) is 23.7 Å². The van der Waals surface area contributed by atoms with Crippen molar-refractivity contribution in [3.05, 3.63) is 73.3 Å². The molecule has 188 valence electrons. The van der Waals surface area contributed by atoms with Gasteiger partial charge in [0.05, 0.1) is 24.3 Å². The summed E-state index contributed by atoms with van der Waals surface area (Å²) >= 11 is 1.15. The number of nitrogens with zero attached hydrogens (tertiary/aromatic N) is 2. The number of methoxy groups -OCH3 is 1. The molecule has 8 nitrogen and oxygen atoms in total. The van der Waals surface area contributed by atoms with Crippen LogP contribution >= 0.6 is 11.3 Å². The van der Waals surface area contributed by atoms with Crippen LogP contribution in [0, 0.1) is 5.92 Å². The molecule has 11 heteroatoms. The molecule has 5 rings (SSSR count). The maximum absolute atomic E-state index is 13.7. The summed E-state index contributed by atoms with van der Waals surface area (Å²) in [4.78, 5) is 31.8. The minimum Gasteiger partial charge on any atom is -0.493 e. The van der Waals surface area contributed by atoms with E-state index in [9.17, 15) is 18.4 Å². The molecule has 2 aliphatic heterocycles. The SMILES string of the molecule is CCOC(=O)[C@@H]1[C@H]2c3ccccc3O[C@]1(C)N=c1s/c(=C\c3ccc(OC(F)F)c(OC)c3)c(=O)n12. The normalized spacial score (nSPS) is 22.2. The average Bonchev–Trinajstić information content (AvgIpc) is 3.12. The summed E-state index contributed by atoms with van der Waals surface area (Å²) in [5.41, 5.74) is -0.385. The van der Waals surface area contributed by atoms with Gasteiger partial charge in [-0.05, 0) is 43.7 Å². The van der Waals surface area contributed by atoms with Crippen LogP contribution in [0.2, 0.25) is 0 Å². The van der Waals surface area contributed by atoms with Crippen molar-refractivity contribution in [2.75, 3.05) is 13.7 Å². The molecule has 36 heavy (non-hydrogen) atoms. The minimum absolute atomic E-state index is 0.100. The molecule has 0 fully saturated rings. The van der Waals surface area contributed by atoms with Gasteiger partial charge in [-0.15, -0.1) is 0 Å². The van der Waals surface area contributed by atoms with Crippen LogP contribution in [0.1, 0.15) is 31.0 Å². The minimum atomic E-state index is -3.00. The summed E-state index contributed by atoms with van der Waals surface area (Å²) in [5.74, 6) is -0.844. The van der Waals surface area contributed by atoms with Crippen molar-refractivity contribution < 1.29 is 32.5 Å². The molecule has 0 N–H and O–H groups in total. The molecule has 3 atom stereocenters. The molecule has 0 spiro atoms. The summed E-state index contributed by atoms with van der Waals surface area (Å²) in [7, 11) is 1.34. The zero-order chi connectivity index (χ0) is 25.6. The van der Waals surface area contributed by atoms with Gasteiger partial charge in [0, 0.05) is 5.56 Å². The van der Waals surface area contributed by atoms with Crippen molar-refractivity contribution in [3.63, 3.8) is 0 Å². The van der Waals surface area contributed by atoms with Gasteiger partial charge in [-0.2, -0.15) is 8.78 Å². The molecule has 0 unspecified atom stereocenters. The third-order valence-electron chi connectivity index (χ3n) is 6.12. The molecule has 0 saturated carbocycles. The highest BCUT2D eigenvalue weighted by Gasteiger charge is 2.55. The number of thiazole rings is 1. The zero-order valence-electron chi connectivity index (χ0n) is 19.6. The van der Waals surface area contributed by atoms with Crippen LogP contribution in [0.15, 0.2) is 52.3 Å². The molecule has 0 saturated heterocycles. The predicted octanol–water partition coefficient (Wildman–Crippen LogP) is 2.86. The van der Waals surface area contributed by atoms with E-state index in [1.54, 1.807) is 32.1 Å². The van der Waals surface area contributed by atoms with Crippen LogP contribution in [0.25, 0.3) is 6.08 Å². The number of alkyl halides is 2. The molecular weight excluding hydrogens is 494 g/mol. The van der Waals surface area contributed by atoms with Gasteiger partial charge in [0.2, 0.25) is 5.72 Å². The number of carbonyl (C=O) groups is 1. The van der Waals surface area contributed by atoms with E-state index in [4.69, 9.17) is 19.2 Å². The number of hydrogen-bond acceptors (Lipinski definition) is 8. The Bertz CT molecular complexity index is 1520. The Labute approximate surface area is 208 Å². The highest BCUT2D eigenvalue weighted by molar-refractivity contribution is 7.07. The topological polar surface area (TPSA) is 88.4 Å². The van der Waals surface area contributed by atoms with Crippen LogP contribution in [0.5, 0.6) is 17.2 Å². The van der Waals surface area contributed by atoms with Crippen LogP contribution in [0.4, 0.5) is 8.78 Å². The third-order valence-corrected chi connectivity index (χ3v) is 7.10. The number of benzene rings is 2. The van der Waals surface area contributed by atoms with Crippen molar-refractivity contribution >= 4 is 23.4 Å². The number of para-hydroxylation sites is 1. The third kappa shape index (κ3) is 3.93. The summed E-state index contributed by atoms with van der Waals surface area (Å²) < 4.78 is 48.3. The van der Waals surface area contributed by atoms with Crippen LogP contribution in [-0.2, 0) is 9.53 Å². The van der Waals surface area contributed by atoms with Gasteiger partial charge >= 0.3 is 12.6 Å². The summed E-state index contributed by atoms with van der Waals surface area (Å²) in [6.07, 6.45) is 1.61. The molecule has 2 aliphatic rings. The Balaban J connectivity index is 1.68. The highest BCUT2D eigenvalue weighted by Crippen LogP contribution is 2.47. The molecule has 2 aromatic carbocycles. The molecule has 0 aliphatic carbocycles. The van der Waals surface area contributed by atoms with E-state index in [2.05, 4.69) is 4.74 Å². The number of fused-ring (bicyclic) bond motifs is 6. The smallest absolute Gasteiger partial charge is 0.387 e. The van der Waals surface area contributed by atoms with E-state index in [1.165, 1.54) is 23.8 Å². The van der Waals surface area contributed by atoms with E-state index in [0.29, 0.717) is 26.2 Å². The number of rotatable bonds is 6. The maximum Gasteiger partial charge on any atom is 0.387 e. The Kier molecular flexibility index (Phi) is 6.03. The van der Waals surface area contributed by atoms with Crippen molar-refractivity contribution in [1.82, 2.24) is 4.57 Å². The number of hydrogen-bond donors (Lipinski definition) is 0. The van der Waals surface area contributed by atoms with Gasteiger partial charge in [-0.25, -0.2) is 4.99 Å². The first kappa shape index (κ1) is 24.0.